The molecule has 3 heteroatoms. The number of hydrogen-bond donors (Lipinski definition) is 0. The van der Waals surface area contributed by atoms with E-state index in [-0.39, 0.29) is 11.1 Å². The predicted octanol–water partition coefficient (Wildman–Crippen LogP) is 6.57. The molecule has 0 aliphatic rings. The quantitative estimate of drug-likeness (QED) is 0.407. The van der Waals surface area contributed by atoms with Crippen LogP contribution in [0.5, 0.6) is 0 Å². The van der Waals surface area contributed by atoms with E-state index in [1.165, 1.54) is 0 Å². The molecule has 0 aliphatic carbocycles. The maximum atomic E-state index is 15.8. The fraction of sp³-hybridized carbons (Fsp3) is 0. The van der Waals surface area contributed by atoms with Crippen LogP contribution in [0.2, 0.25) is 0 Å². The largest absolute Gasteiger partial charge is 0.205 e. The fourth-order valence-corrected chi connectivity index (χ4v) is 3.60. The SMILES string of the molecule is N#Cc1c(F)c(-c2ccccc2)c(-c2ccccc2)c(C#N)c1-c1ccccc1. The van der Waals surface area contributed by atoms with Gasteiger partial charge in [-0.25, -0.2) is 4.39 Å². The van der Waals surface area contributed by atoms with E-state index >= 15 is 4.39 Å². The van der Waals surface area contributed by atoms with E-state index in [9.17, 15) is 10.5 Å². The molecule has 0 aromatic heterocycles. The van der Waals surface area contributed by atoms with Gasteiger partial charge in [-0.05, 0) is 16.7 Å². The topological polar surface area (TPSA) is 47.6 Å². The van der Waals surface area contributed by atoms with E-state index in [1.807, 2.05) is 72.8 Å². The van der Waals surface area contributed by atoms with Crippen molar-refractivity contribution in [1.82, 2.24) is 0 Å². The summed E-state index contributed by atoms with van der Waals surface area (Å²) in [4.78, 5) is 0. The smallest absolute Gasteiger partial charge is 0.150 e. The van der Waals surface area contributed by atoms with Crippen molar-refractivity contribution in [3.63, 3.8) is 0 Å². The van der Waals surface area contributed by atoms with Crippen molar-refractivity contribution in [2.45, 2.75) is 0 Å². The Balaban J connectivity index is 2.22. The molecule has 0 unspecified atom stereocenters. The summed E-state index contributed by atoms with van der Waals surface area (Å²) < 4.78 is 15.8. The van der Waals surface area contributed by atoms with E-state index < -0.39 is 5.82 Å². The van der Waals surface area contributed by atoms with Crippen molar-refractivity contribution >= 4 is 0 Å². The van der Waals surface area contributed by atoms with Crippen LogP contribution in [0.3, 0.4) is 0 Å². The Morgan fingerprint density at radius 1 is 0.483 bits per heavy atom. The van der Waals surface area contributed by atoms with Gasteiger partial charge in [-0.1, -0.05) is 91.0 Å². The van der Waals surface area contributed by atoms with Gasteiger partial charge >= 0.3 is 0 Å². The molecule has 0 saturated carbocycles. The maximum Gasteiger partial charge on any atom is 0.150 e. The van der Waals surface area contributed by atoms with Crippen LogP contribution in [0.15, 0.2) is 91.0 Å². The van der Waals surface area contributed by atoms with Gasteiger partial charge in [0.25, 0.3) is 0 Å². The van der Waals surface area contributed by atoms with Crippen molar-refractivity contribution in [3.8, 4) is 45.5 Å². The lowest BCUT2D eigenvalue weighted by molar-refractivity contribution is 0.628. The number of nitrogens with zero attached hydrogens (tertiary/aromatic N) is 2. The molecular weight excluding hydrogens is 359 g/mol. The summed E-state index contributed by atoms with van der Waals surface area (Å²) >= 11 is 0. The van der Waals surface area contributed by atoms with Crippen LogP contribution in [-0.2, 0) is 0 Å². The van der Waals surface area contributed by atoms with Crippen molar-refractivity contribution in [2.75, 3.05) is 0 Å². The number of halogens is 1. The Hall–Kier alpha value is -4.21. The molecule has 0 spiro atoms. The predicted molar refractivity (Wildman–Crippen MR) is 112 cm³/mol. The van der Waals surface area contributed by atoms with Crippen LogP contribution in [-0.4, -0.2) is 0 Å². The Labute approximate surface area is 168 Å². The Morgan fingerprint density at radius 2 is 0.862 bits per heavy atom. The van der Waals surface area contributed by atoms with Gasteiger partial charge in [0, 0.05) is 16.7 Å². The molecule has 0 aliphatic heterocycles. The molecule has 2 nitrogen and oxygen atoms in total. The average molecular weight is 374 g/mol. The molecule has 4 aromatic rings. The molecule has 0 radical (unpaired) electrons. The molecule has 136 valence electrons. The molecule has 4 rings (SSSR count). The van der Waals surface area contributed by atoms with Gasteiger partial charge in [-0.2, -0.15) is 10.5 Å². The van der Waals surface area contributed by atoms with Gasteiger partial charge in [0.2, 0.25) is 0 Å². The minimum atomic E-state index is -0.615. The molecule has 4 aromatic carbocycles. The van der Waals surface area contributed by atoms with Gasteiger partial charge in [0.05, 0.1) is 11.1 Å². The minimum absolute atomic E-state index is 0.119. The van der Waals surface area contributed by atoms with Crippen molar-refractivity contribution in [3.05, 3.63) is 108 Å². The third-order valence-electron chi connectivity index (χ3n) is 4.85. The van der Waals surface area contributed by atoms with E-state index in [2.05, 4.69) is 6.07 Å². The second kappa shape index (κ2) is 7.80. The summed E-state index contributed by atoms with van der Waals surface area (Å²) in [5.74, 6) is -0.615. The summed E-state index contributed by atoms with van der Waals surface area (Å²) in [5.41, 5.74) is 3.24. The van der Waals surface area contributed by atoms with Gasteiger partial charge in [-0.3, -0.25) is 0 Å². The monoisotopic (exact) mass is 374 g/mol. The van der Waals surface area contributed by atoms with E-state index in [0.717, 1.165) is 5.56 Å². The maximum absolute atomic E-state index is 15.8. The summed E-state index contributed by atoms with van der Waals surface area (Å²) in [5, 5.41) is 19.9. The van der Waals surface area contributed by atoms with E-state index in [4.69, 9.17) is 0 Å². The highest BCUT2D eigenvalue weighted by Gasteiger charge is 2.26. The zero-order valence-electron chi connectivity index (χ0n) is 15.4. The highest BCUT2D eigenvalue weighted by Crippen LogP contribution is 2.43. The summed E-state index contributed by atoms with van der Waals surface area (Å²) in [6.07, 6.45) is 0. The van der Waals surface area contributed by atoms with Crippen LogP contribution in [0.1, 0.15) is 11.1 Å². The Bertz CT molecular complexity index is 1250. The molecule has 0 saturated heterocycles. The van der Waals surface area contributed by atoms with Crippen LogP contribution >= 0.6 is 0 Å². The third-order valence-corrected chi connectivity index (χ3v) is 4.85. The number of rotatable bonds is 3. The number of nitriles is 2. The minimum Gasteiger partial charge on any atom is -0.205 e. The first kappa shape index (κ1) is 18.2. The molecular formula is C26H15FN2. The summed E-state index contributed by atoms with van der Waals surface area (Å²) in [7, 11) is 0. The number of hydrogen-bond acceptors (Lipinski definition) is 2. The normalized spacial score (nSPS) is 10.2. The summed E-state index contributed by atoms with van der Waals surface area (Å²) in [6.45, 7) is 0. The second-order valence-corrected chi connectivity index (χ2v) is 6.51. The van der Waals surface area contributed by atoms with Gasteiger partial charge in [-0.15, -0.1) is 0 Å². The molecule has 29 heavy (non-hydrogen) atoms. The van der Waals surface area contributed by atoms with E-state index in [0.29, 0.717) is 27.8 Å². The van der Waals surface area contributed by atoms with Crippen molar-refractivity contribution in [2.24, 2.45) is 0 Å². The second-order valence-electron chi connectivity index (χ2n) is 6.51. The third kappa shape index (κ3) is 3.16. The van der Waals surface area contributed by atoms with Crippen LogP contribution in [0.25, 0.3) is 33.4 Å². The molecule has 0 fully saturated rings. The van der Waals surface area contributed by atoms with Crippen LogP contribution in [0.4, 0.5) is 4.39 Å². The standard InChI is InChI=1S/C26H15FN2/c27-26-22(17-29)23(18-10-4-1-5-11-18)21(16-28)24(19-12-6-2-7-13-19)25(26)20-14-8-3-9-15-20/h1-15H. The van der Waals surface area contributed by atoms with Crippen molar-refractivity contribution < 1.29 is 4.39 Å². The lowest BCUT2D eigenvalue weighted by Gasteiger charge is -2.19. The van der Waals surface area contributed by atoms with Gasteiger partial charge in [0.1, 0.15) is 18.0 Å². The zero-order chi connectivity index (χ0) is 20.2. The Kier molecular flexibility index (Phi) is 4.89. The summed E-state index contributed by atoms with van der Waals surface area (Å²) in [6, 6.07) is 31.6. The average Bonchev–Trinajstić information content (AvgIpc) is 2.80. The molecule has 0 bridgehead atoms. The first-order valence-corrected chi connectivity index (χ1v) is 9.12. The molecule has 0 amide bonds. The van der Waals surface area contributed by atoms with Crippen LogP contribution < -0.4 is 0 Å². The van der Waals surface area contributed by atoms with Gasteiger partial charge < -0.3 is 0 Å². The number of benzene rings is 4. The zero-order valence-corrected chi connectivity index (χ0v) is 15.4. The Morgan fingerprint density at radius 3 is 1.28 bits per heavy atom. The van der Waals surface area contributed by atoms with Crippen LogP contribution in [0, 0.1) is 28.5 Å². The molecule has 0 atom stereocenters. The molecule has 0 heterocycles. The highest BCUT2D eigenvalue weighted by atomic mass is 19.1. The fourth-order valence-electron chi connectivity index (χ4n) is 3.60. The van der Waals surface area contributed by atoms with Crippen molar-refractivity contribution in [1.29, 1.82) is 10.5 Å². The first-order chi connectivity index (χ1) is 14.3. The molecule has 0 N–H and O–H groups in total. The highest BCUT2D eigenvalue weighted by molar-refractivity contribution is 5.95. The van der Waals surface area contributed by atoms with E-state index in [1.54, 1.807) is 24.3 Å². The lowest BCUT2D eigenvalue weighted by atomic mass is 9.83. The van der Waals surface area contributed by atoms with Gasteiger partial charge in [0.15, 0.2) is 0 Å². The first-order valence-electron chi connectivity index (χ1n) is 9.12. The lowest BCUT2D eigenvalue weighted by Crippen LogP contribution is -2.02.